The summed E-state index contributed by atoms with van der Waals surface area (Å²) in [6.45, 7) is 2.37. The lowest BCUT2D eigenvalue weighted by Gasteiger charge is -2.10. The molecular weight excluding hydrogens is 282 g/mol. The van der Waals surface area contributed by atoms with Gasteiger partial charge in [-0.15, -0.1) is 0 Å². The normalized spacial score (nSPS) is 10.1. The first-order valence-corrected chi connectivity index (χ1v) is 6.86. The average Bonchev–Trinajstić information content (AvgIpc) is 2.54. The van der Waals surface area contributed by atoms with E-state index in [1.165, 1.54) is 13.2 Å². The highest BCUT2D eigenvalue weighted by Gasteiger charge is 2.14. The van der Waals surface area contributed by atoms with E-state index >= 15 is 0 Å². The summed E-state index contributed by atoms with van der Waals surface area (Å²) in [4.78, 5) is 23.3. The number of methoxy groups -OCH3 is 1. The van der Waals surface area contributed by atoms with Crippen molar-refractivity contribution in [2.45, 2.75) is 6.92 Å². The Labute approximate surface area is 128 Å². The number of carbonyl (C=O) groups excluding carboxylic acids is 1. The largest absolute Gasteiger partial charge is 0.497 e. The number of benzene rings is 2. The van der Waals surface area contributed by atoms with Crippen molar-refractivity contribution in [3.05, 3.63) is 53.6 Å². The molecule has 0 heterocycles. The summed E-state index contributed by atoms with van der Waals surface area (Å²) in [5.74, 6) is -0.756. The molecule has 22 heavy (non-hydrogen) atoms. The molecule has 0 unspecified atom stereocenters. The highest BCUT2D eigenvalue weighted by molar-refractivity contribution is 5.99. The number of carboxylic acid groups (broad SMARTS) is 1. The Bertz CT molecular complexity index is 710. The molecule has 2 aromatic carbocycles. The minimum absolute atomic E-state index is 0.132. The van der Waals surface area contributed by atoms with Crippen molar-refractivity contribution >= 4 is 11.9 Å². The molecule has 0 saturated carbocycles. The Kier molecular flexibility index (Phi) is 4.78. The van der Waals surface area contributed by atoms with Crippen molar-refractivity contribution in [3.8, 4) is 16.9 Å². The molecule has 0 bridgehead atoms. The molecular formula is C17H17NO4. The van der Waals surface area contributed by atoms with Gasteiger partial charge < -0.3 is 15.2 Å². The van der Waals surface area contributed by atoms with Crippen molar-refractivity contribution in [3.63, 3.8) is 0 Å². The van der Waals surface area contributed by atoms with Crippen LogP contribution in [0.5, 0.6) is 5.75 Å². The minimum Gasteiger partial charge on any atom is -0.497 e. The lowest BCUT2D eigenvalue weighted by Crippen LogP contribution is -2.22. The Morgan fingerprint density at radius 1 is 1.18 bits per heavy atom. The van der Waals surface area contributed by atoms with Gasteiger partial charge in [0.15, 0.2) is 0 Å². The van der Waals surface area contributed by atoms with Crippen LogP contribution in [0.4, 0.5) is 0 Å². The molecule has 5 nitrogen and oxygen atoms in total. The Hall–Kier alpha value is -2.82. The molecule has 0 aromatic heterocycles. The molecule has 0 fully saturated rings. The predicted molar refractivity (Wildman–Crippen MR) is 83.4 cm³/mol. The number of aromatic carboxylic acids is 1. The van der Waals surface area contributed by atoms with Gasteiger partial charge in [-0.05, 0) is 48.4 Å². The fourth-order valence-electron chi connectivity index (χ4n) is 2.17. The van der Waals surface area contributed by atoms with E-state index < -0.39 is 5.97 Å². The number of carbonyl (C=O) groups is 2. The first-order chi connectivity index (χ1) is 10.6. The number of amides is 1. The summed E-state index contributed by atoms with van der Waals surface area (Å²) in [7, 11) is 1.48. The minimum atomic E-state index is -1.04. The van der Waals surface area contributed by atoms with Crippen LogP contribution in [0.2, 0.25) is 0 Å². The lowest BCUT2D eigenvalue weighted by atomic mass is 9.97. The summed E-state index contributed by atoms with van der Waals surface area (Å²) >= 11 is 0. The molecule has 0 spiro atoms. The summed E-state index contributed by atoms with van der Waals surface area (Å²) in [5.41, 5.74) is 1.84. The van der Waals surface area contributed by atoms with Crippen LogP contribution in [0, 0.1) is 0 Å². The van der Waals surface area contributed by atoms with Crippen molar-refractivity contribution < 1.29 is 19.4 Å². The monoisotopic (exact) mass is 299 g/mol. The fraction of sp³-hybridized carbons (Fsp3) is 0.176. The van der Waals surface area contributed by atoms with Gasteiger partial charge >= 0.3 is 5.97 Å². The maximum atomic E-state index is 11.9. The van der Waals surface area contributed by atoms with Gasteiger partial charge in [0.25, 0.3) is 5.91 Å². The molecule has 1 amide bonds. The van der Waals surface area contributed by atoms with Gasteiger partial charge in [-0.3, -0.25) is 4.79 Å². The molecule has 114 valence electrons. The fourth-order valence-corrected chi connectivity index (χ4v) is 2.17. The van der Waals surface area contributed by atoms with Gasteiger partial charge in [0, 0.05) is 12.1 Å². The van der Waals surface area contributed by atoms with E-state index in [1.54, 1.807) is 36.4 Å². The van der Waals surface area contributed by atoms with Crippen molar-refractivity contribution in [1.82, 2.24) is 5.32 Å². The quantitative estimate of drug-likeness (QED) is 0.890. The van der Waals surface area contributed by atoms with E-state index in [1.807, 2.05) is 6.92 Å². The average molecular weight is 299 g/mol. The van der Waals surface area contributed by atoms with E-state index in [9.17, 15) is 14.7 Å². The van der Waals surface area contributed by atoms with E-state index in [2.05, 4.69) is 5.32 Å². The van der Waals surface area contributed by atoms with E-state index in [4.69, 9.17) is 4.74 Å². The molecule has 2 rings (SSSR count). The first-order valence-electron chi connectivity index (χ1n) is 6.86. The molecule has 0 saturated heterocycles. The standard InChI is InChI=1S/C17H17NO4/c1-3-18-16(19)12-6-4-5-11(9-12)14-8-7-13(22-2)10-15(14)17(20)21/h4-10H,3H2,1-2H3,(H,18,19)(H,20,21). The third-order valence-corrected chi connectivity index (χ3v) is 3.23. The highest BCUT2D eigenvalue weighted by atomic mass is 16.5. The van der Waals surface area contributed by atoms with Crippen LogP contribution in [-0.2, 0) is 0 Å². The molecule has 0 radical (unpaired) electrons. The van der Waals surface area contributed by atoms with Gasteiger partial charge in [-0.25, -0.2) is 4.79 Å². The van der Waals surface area contributed by atoms with Crippen molar-refractivity contribution in [2.75, 3.05) is 13.7 Å². The number of rotatable bonds is 5. The highest BCUT2D eigenvalue weighted by Crippen LogP contribution is 2.28. The smallest absolute Gasteiger partial charge is 0.336 e. The number of ether oxygens (including phenoxy) is 1. The second-order valence-corrected chi connectivity index (χ2v) is 4.66. The predicted octanol–water partition coefficient (Wildman–Crippen LogP) is 2.81. The summed E-state index contributed by atoms with van der Waals surface area (Å²) < 4.78 is 5.06. The number of nitrogens with one attached hydrogen (secondary N) is 1. The van der Waals surface area contributed by atoms with Gasteiger partial charge in [-0.2, -0.15) is 0 Å². The zero-order valence-corrected chi connectivity index (χ0v) is 12.4. The summed E-state index contributed by atoms with van der Waals surface area (Å²) in [5, 5.41) is 12.1. The summed E-state index contributed by atoms with van der Waals surface area (Å²) in [6, 6.07) is 11.7. The number of hydrogen-bond acceptors (Lipinski definition) is 3. The third-order valence-electron chi connectivity index (χ3n) is 3.23. The van der Waals surface area contributed by atoms with Crippen LogP contribution < -0.4 is 10.1 Å². The van der Waals surface area contributed by atoms with Crippen LogP contribution in [0.3, 0.4) is 0 Å². The molecule has 0 aliphatic rings. The van der Waals surface area contributed by atoms with E-state index in [-0.39, 0.29) is 11.5 Å². The topological polar surface area (TPSA) is 75.6 Å². The lowest BCUT2D eigenvalue weighted by molar-refractivity contribution is 0.0697. The second kappa shape index (κ2) is 6.76. The van der Waals surface area contributed by atoms with Gasteiger partial charge in [-0.1, -0.05) is 12.1 Å². The number of carboxylic acids is 1. The van der Waals surface area contributed by atoms with Gasteiger partial charge in [0.2, 0.25) is 0 Å². The van der Waals surface area contributed by atoms with Crippen LogP contribution >= 0.6 is 0 Å². The first kappa shape index (κ1) is 15.6. The van der Waals surface area contributed by atoms with Crippen LogP contribution in [0.15, 0.2) is 42.5 Å². The van der Waals surface area contributed by atoms with Crippen LogP contribution in [0.25, 0.3) is 11.1 Å². The van der Waals surface area contributed by atoms with E-state index in [0.717, 1.165) is 0 Å². The number of hydrogen-bond donors (Lipinski definition) is 2. The zero-order valence-electron chi connectivity index (χ0n) is 12.4. The Morgan fingerprint density at radius 3 is 2.59 bits per heavy atom. The SMILES string of the molecule is CCNC(=O)c1cccc(-c2ccc(OC)cc2C(=O)O)c1. The van der Waals surface area contributed by atoms with Crippen molar-refractivity contribution in [2.24, 2.45) is 0 Å². The van der Waals surface area contributed by atoms with Crippen molar-refractivity contribution in [1.29, 1.82) is 0 Å². The molecule has 2 aromatic rings. The van der Waals surface area contributed by atoms with E-state index in [0.29, 0.717) is 29.0 Å². The molecule has 0 atom stereocenters. The van der Waals surface area contributed by atoms with Gasteiger partial charge in [0.05, 0.1) is 12.7 Å². The maximum absolute atomic E-state index is 11.9. The Morgan fingerprint density at radius 2 is 1.95 bits per heavy atom. The second-order valence-electron chi connectivity index (χ2n) is 4.66. The third kappa shape index (κ3) is 3.25. The molecule has 0 aliphatic carbocycles. The molecule has 5 heteroatoms. The van der Waals surface area contributed by atoms with Gasteiger partial charge in [0.1, 0.15) is 5.75 Å². The Balaban J connectivity index is 2.50. The van der Waals surface area contributed by atoms with Crippen LogP contribution in [-0.4, -0.2) is 30.6 Å². The maximum Gasteiger partial charge on any atom is 0.336 e. The summed E-state index contributed by atoms with van der Waals surface area (Å²) in [6.07, 6.45) is 0. The molecule has 0 aliphatic heterocycles. The molecule has 2 N–H and O–H groups in total. The zero-order chi connectivity index (χ0) is 16.1. The van der Waals surface area contributed by atoms with Crippen LogP contribution in [0.1, 0.15) is 27.6 Å².